The van der Waals surface area contributed by atoms with Crippen LogP contribution in [0.3, 0.4) is 0 Å². The molecule has 0 aromatic heterocycles. The molecule has 0 spiro atoms. The van der Waals surface area contributed by atoms with E-state index in [1.165, 1.54) is 5.56 Å². The van der Waals surface area contributed by atoms with Crippen LogP contribution in [0.2, 0.25) is 5.02 Å². The monoisotopic (exact) mass is 268 g/mol. The first-order valence-corrected chi connectivity index (χ1v) is 6.94. The van der Waals surface area contributed by atoms with Crippen molar-refractivity contribution in [3.8, 4) is 0 Å². The summed E-state index contributed by atoms with van der Waals surface area (Å²) in [5.74, 6) is 0.552. The Balaban J connectivity index is 2.66. The van der Waals surface area contributed by atoms with Crippen LogP contribution in [0.5, 0.6) is 0 Å². The van der Waals surface area contributed by atoms with Gasteiger partial charge in [0.2, 0.25) is 0 Å². The predicted molar refractivity (Wildman–Crippen MR) is 80.2 cm³/mol. The third kappa shape index (κ3) is 4.27. The predicted octanol–water partition coefficient (Wildman–Crippen LogP) is 3.19. The highest BCUT2D eigenvalue weighted by Crippen LogP contribution is 2.24. The Hall–Kier alpha value is -0.570. The van der Waals surface area contributed by atoms with Crippen LogP contribution < -0.4 is 11.1 Å². The Kier molecular flexibility index (Phi) is 5.64. The molecule has 2 nitrogen and oxygen atoms in total. The van der Waals surface area contributed by atoms with Crippen molar-refractivity contribution in [2.75, 3.05) is 13.1 Å². The summed E-state index contributed by atoms with van der Waals surface area (Å²) in [5.41, 5.74) is 7.15. The summed E-state index contributed by atoms with van der Waals surface area (Å²) in [6.07, 6.45) is 0. The topological polar surface area (TPSA) is 38.0 Å². The van der Waals surface area contributed by atoms with Crippen molar-refractivity contribution >= 4 is 11.6 Å². The molecule has 0 heterocycles. The van der Waals surface area contributed by atoms with Crippen LogP contribution in [0, 0.1) is 5.92 Å². The van der Waals surface area contributed by atoms with Gasteiger partial charge in [-0.1, -0.05) is 51.4 Å². The lowest BCUT2D eigenvalue weighted by molar-refractivity contribution is 0.360. The molecule has 1 aromatic carbocycles. The molecule has 18 heavy (non-hydrogen) atoms. The van der Waals surface area contributed by atoms with Gasteiger partial charge < -0.3 is 11.1 Å². The molecular formula is C15H25ClN2. The summed E-state index contributed by atoms with van der Waals surface area (Å²) in [6, 6.07) is 8.45. The van der Waals surface area contributed by atoms with Gasteiger partial charge >= 0.3 is 0 Å². The van der Waals surface area contributed by atoms with Gasteiger partial charge in [0.1, 0.15) is 0 Å². The molecule has 0 bridgehead atoms. The summed E-state index contributed by atoms with van der Waals surface area (Å²) in [7, 11) is 0. The van der Waals surface area contributed by atoms with E-state index in [1.807, 2.05) is 12.1 Å². The zero-order chi connectivity index (χ0) is 13.8. The average Bonchev–Trinajstić information content (AvgIpc) is 2.29. The van der Waals surface area contributed by atoms with E-state index >= 15 is 0 Å². The minimum absolute atomic E-state index is 0.0763. The number of rotatable bonds is 6. The molecule has 1 unspecified atom stereocenters. The minimum atomic E-state index is 0.0763. The Labute approximate surface area is 116 Å². The number of nitrogens with two attached hydrogens (primary N) is 1. The van der Waals surface area contributed by atoms with Crippen LogP contribution in [0.15, 0.2) is 24.3 Å². The van der Waals surface area contributed by atoms with E-state index in [1.54, 1.807) is 0 Å². The van der Waals surface area contributed by atoms with Gasteiger partial charge in [0.05, 0.1) is 0 Å². The maximum absolute atomic E-state index is 5.92. The van der Waals surface area contributed by atoms with Gasteiger partial charge in [-0.25, -0.2) is 0 Å². The van der Waals surface area contributed by atoms with Crippen LogP contribution in [0.4, 0.5) is 0 Å². The van der Waals surface area contributed by atoms with E-state index in [-0.39, 0.29) is 5.41 Å². The van der Waals surface area contributed by atoms with Crippen molar-refractivity contribution in [2.24, 2.45) is 11.7 Å². The molecule has 0 saturated carbocycles. The fourth-order valence-corrected chi connectivity index (χ4v) is 2.11. The second-order valence-corrected chi connectivity index (χ2v) is 6.29. The van der Waals surface area contributed by atoms with Crippen molar-refractivity contribution in [3.63, 3.8) is 0 Å². The minimum Gasteiger partial charge on any atom is -0.329 e. The smallest absolute Gasteiger partial charge is 0.0406 e. The number of nitrogens with one attached hydrogen (secondary N) is 1. The second kappa shape index (κ2) is 6.55. The molecule has 0 fully saturated rings. The first-order chi connectivity index (χ1) is 8.36. The lowest BCUT2D eigenvalue weighted by Crippen LogP contribution is -2.45. The number of hydrogen-bond donors (Lipinski definition) is 2. The maximum Gasteiger partial charge on any atom is 0.0406 e. The SMILES string of the molecule is CC(C)C(CN)NCC(C)(C)c1ccc(Cl)cc1. The van der Waals surface area contributed by atoms with Crippen LogP contribution in [-0.2, 0) is 5.41 Å². The highest BCUT2D eigenvalue weighted by molar-refractivity contribution is 6.30. The van der Waals surface area contributed by atoms with E-state index in [0.717, 1.165) is 11.6 Å². The van der Waals surface area contributed by atoms with Crippen molar-refractivity contribution in [3.05, 3.63) is 34.9 Å². The van der Waals surface area contributed by atoms with Crippen molar-refractivity contribution in [1.82, 2.24) is 5.32 Å². The summed E-state index contributed by atoms with van der Waals surface area (Å²) < 4.78 is 0. The van der Waals surface area contributed by atoms with E-state index in [9.17, 15) is 0 Å². The van der Waals surface area contributed by atoms with E-state index < -0.39 is 0 Å². The second-order valence-electron chi connectivity index (χ2n) is 5.86. The molecule has 0 aliphatic carbocycles. The first kappa shape index (κ1) is 15.5. The van der Waals surface area contributed by atoms with E-state index in [2.05, 4.69) is 45.1 Å². The number of benzene rings is 1. The normalized spacial score (nSPS) is 13.9. The van der Waals surface area contributed by atoms with Crippen molar-refractivity contribution in [1.29, 1.82) is 0 Å². The Morgan fingerprint density at radius 3 is 2.22 bits per heavy atom. The van der Waals surface area contributed by atoms with Crippen molar-refractivity contribution in [2.45, 2.75) is 39.2 Å². The molecule has 0 saturated heterocycles. The van der Waals surface area contributed by atoms with Gasteiger partial charge in [-0.15, -0.1) is 0 Å². The van der Waals surface area contributed by atoms with Gasteiger partial charge in [0.15, 0.2) is 0 Å². The first-order valence-electron chi connectivity index (χ1n) is 6.56. The Morgan fingerprint density at radius 2 is 1.78 bits per heavy atom. The molecule has 0 radical (unpaired) electrons. The molecule has 0 aliphatic rings. The van der Waals surface area contributed by atoms with Crippen LogP contribution >= 0.6 is 11.6 Å². The average molecular weight is 269 g/mol. The molecule has 1 atom stereocenters. The number of hydrogen-bond acceptors (Lipinski definition) is 2. The largest absolute Gasteiger partial charge is 0.329 e. The van der Waals surface area contributed by atoms with Crippen LogP contribution in [0.1, 0.15) is 33.3 Å². The lowest BCUT2D eigenvalue weighted by Gasteiger charge is -2.30. The third-order valence-corrected chi connectivity index (χ3v) is 3.74. The van der Waals surface area contributed by atoms with Gasteiger partial charge in [-0.05, 0) is 23.6 Å². The highest BCUT2D eigenvalue weighted by atomic mass is 35.5. The van der Waals surface area contributed by atoms with Crippen LogP contribution in [0.25, 0.3) is 0 Å². The summed E-state index contributed by atoms with van der Waals surface area (Å²) in [6.45, 7) is 10.4. The third-order valence-electron chi connectivity index (χ3n) is 3.49. The summed E-state index contributed by atoms with van der Waals surface area (Å²) in [5, 5.41) is 4.35. The van der Waals surface area contributed by atoms with E-state index in [4.69, 9.17) is 17.3 Å². The summed E-state index contributed by atoms with van der Waals surface area (Å²) in [4.78, 5) is 0. The van der Waals surface area contributed by atoms with Crippen LogP contribution in [-0.4, -0.2) is 19.1 Å². The fourth-order valence-electron chi connectivity index (χ4n) is 1.98. The number of halogens is 1. The Bertz CT molecular complexity index is 357. The maximum atomic E-state index is 5.92. The Morgan fingerprint density at radius 1 is 1.22 bits per heavy atom. The van der Waals surface area contributed by atoms with Gasteiger partial charge in [-0.2, -0.15) is 0 Å². The molecule has 1 aromatic rings. The van der Waals surface area contributed by atoms with Gasteiger partial charge in [-0.3, -0.25) is 0 Å². The standard InChI is InChI=1S/C15H25ClN2/c1-11(2)14(9-17)18-10-15(3,4)12-5-7-13(16)8-6-12/h5-8,11,14,18H,9-10,17H2,1-4H3. The molecule has 102 valence electrons. The molecular weight excluding hydrogens is 244 g/mol. The summed E-state index contributed by atoms with van der Waals surface area (Å²) >= 11 is 5.92. The quantitative estimate of drug-likeness (QED) is 0.832. The zero-order valence-corrected chi connectivity index (χ0v) is 12.6. The zero-order valence-electron chi connectivity index (χ0n) is 11.8. The van der Waals surface area contributed by atoms with Crippen molar-refractivity contribution < 1.29 is 0 Å². The fraction of sp³-hybridized carbons (Fsp3) is 0.600. The molecule has 3 heteroatoms. The highest BCUT2D eigenvalue weighted by Gasteiger charge is 2.22. The van der Waals surface area contributed by atoms with E-state index in [0.29, 0.717) is 18.5 Å². The van der Waals surface area contributed by atoms with Gasteiger partial charge in [0, 0.05) is 29.6 Å². The molecule has 0 amide bonds. The lowest BCUT2D eigenvalue weighted by atomic mass is 9.84. The van der Waals surface area contributed by atoms with Gasteiger partial charge in [0.25, 0.3) is 0 Å². The molecule has 3 N–H and O–H groups in total. The molecule has 0 aliphatic heterocycles. The molecule has 1 rings (SSSR count).